The third kappa shape index (κ3) is 3.35. The molecule has 5 nitrogen and oxygen atoms in total. The van der Waals surface area contributed by atoms with Crippen molar-refractivity contribution >= 4 is 5.84 Å². The van der Waals surface area contributed by atoms with Crippen LogP contribution in [0.2, 0.25) is 0 Å². The number of aliphatic hydroxyl groups excluding tert-OH is 1. The van der Waals surface area contributed by atoms with Crippen molar-refractivity contribution < 1.29 is 10.3 Å². The number of nitrogens with two attached hydrogens (primary N) is 1. The highest BCUT2D eigenvalue weighted by Gasteiger charge is 2.26. The van der Waals surface area contributed by atoms with E-state index in [1.165, 1.54) is 6.42 Å². The van der Waals surface area contributed by atoms with Gasteiger partial charge in [0.25, 0.3) is 0 Å². The number of hydrogen-bond acceptors (Lipinski definition) is 4. The first-order chi connectivity index (χ1) is 7.19. The fourth-order valence-electron chi connectivity index (χ4n) is 2.14. The first-order valence-corrected chi connectivity index (χ1v) is 5.50. The Morgan fingerprint density at radius 1 is 1.53 bits per heavy atom. The number of nitrogens with zero attached hydrogens (tertiary/aromatic N) is 1. The molecule has 1 rings (SSSR count). The van der Waals surface area contributed by atoms with E-state index in [1.807, 2.05) is 6.92 Å². The average molecular weight is 215 g/mol. The molecular formula is C10H21N3O2. The van der Waals surface area contributed by atoms with E-state index in [4.69, 9.17) is 16.0 Å². The number of oxime groups is 1. The second-order valence-corrected chi connectivity index (χ2v) is 4.29. The second kappa shape index (κ2) is 5.92. The van der Waals surface area contributed by atoms with Gasteiger partial charge in [0.05, 0.1) is 6.04 Å². The minimum absolute atomic E-state index is 0.116. The van der Waals surface area contributed by atoms with Gasteiger partial charge in [-0.3, -0.25) is 0 Å². The van der Waals surface area contributed by atoms with Gasteiger partial charge in [0.15, 0.2) is 5.84 Å². The van der Waals surface area contributed by atoms with Crippen molar-refractivity contribution in [3.8, 4) is 0 Å². The van der Waals surface area contributed by atoms with Crippen LogP contribution in [0.4, 0.5) is 0 Å². The Balaban J connectivity index is 2.30. The minimum Gasteiger partial charge on any atom is -0.409 e. The fourth-order valence-corrected chi connectivity index (χ4v) is 2.14. The molecule has 3 unspecified atom stereocenters. The molecule has 0 radical (unpaired) electrons. The van der Waals surface area contributed by atoms with Crippen molar-refractivity contribution in [3.63, 3.8) is 0 Å². The molecule has 0 aliphatic heterocycles. The third-order valence-electron chi connectivity index (χ3n) is 3.30. The Hall–Kier alpha value is -0.810. The summed E-state index contributed by atoms with van der Waals surface area (Å²) >= 11 is 0. The molecule has 88 valence electrons. The Morgan fingerprint density at radius 3 is 2.80 bits per heavy atom. The van der Waals surface area contributed by atoms with E-state index in [0.717, 1.165) is 19.4 Å². The number of hydrogen-bond donors (Lipinski definition) is 4. The van der Waals surface area contributed by atoms with E-state index in [0.29, 0.717) is 11.8 Å². The van der Waals surface area contributed by atoms with Crippen LogP contribution in [0.25, 0.3) is 0 Å². The zero-order chi connectivity index (χ0) is 11.3. The minimum atomic E-state index is -0.116. The van der Waals surface area contributed by atoms with Gasteiger partial charge in [-0.2, -0.15) is 0 Å². The Bertz CT molecular complexity index is 221. The maximum atomic E-state index is 9.14. The summed E-state index contributed by atoms with van der Waals surface area (Å²) in [4.78, 5) is 0. The van der Waals surface area contributed by atoms with Crippen molar-refractivity contribution in [1.82, 2.24) is 5.32 Å². The first kappa shape index (κ1) is 12.3. The van der Waals surface area contributed by atoms with Crippen LogP contribution in [0.3, 0.4) is 0 Å². The lowest BCUT2D eigenvalue weighted by molar-refractivity contribution is 0.192. The van der Waals surface area contributed by atoms with Gasteiger partial charge in [0.1, 0.15) is 0 Å². The molecular weight excluding hydrogens is 194 g/mol. The van der Waals surface area contributed by atoms with Crippen molar-refractivity contribution in [2.45, 2.75) is 32.2 Å². The van der Waals surface area contributed by atoms with Gasteiger partial charge in [-0.1, -0.05) is 11.6 Å². The maximum Gasteiger partial charge on any atom is 0.156 e. The molecule has 15 heavy (non-hydrogen) atoms. The smallest absolute Gasteiger partial charge is 0.156 e. The highest BCUT2D eigenvalue weighted by Crippen LogP contribution is 2.30. The van der Waals surface area contributed by atoms with E-state index < -0.39 is 0 Å². The van der Waals surface area contributed by atoms with Gasteiger partial charge in [0.2, 0.25) is 0 Å². The van der Waals surface area contributed by atoms with Crippen LogP contribution in [0.1, 0.15) is 26.2 Å². The number of nitrogens with one attached hydrogen (secondary N) is 1. The molecule has 1 saturated carbocycles. The lowest BCUT2D eigenvalue weighted by Gasteiger charge is -2.20. The van der Waals surface area contributed by atoms with Crippen molar-refractivity contribution in [3.05, 3.63) is 0 Å². The molecule has 0 aromatic rings. The summed E-state index contributed by atoms with van der Waals surface area (Å²) in [5, 5.41) is 23.8. The average Bonchev–Trinajstić information content (AvgIpc) is 2.71. The summed E-state index contributed by atoms with van der Waals surface area (Å²) in [5.41, 5.74) is 5.46. The van der Waals surface area contributed by atoms with Gasteiger partial charge < -0.3 is 21.4 Å². The zero-order valence-corrected chi connectivity index (χ0v) is 9.19. The molecule has 0 heterocycles. The van der Waals surface area contributed by atoms with Crippen molar-refractivity contribution in [2.75, 3.05) is 13.2 Å². The molecule has 0 bridgehead atoms. The quantitative estimate of drug-likeness (QED) is 0.227. The SMILES string of the molecule is CC(NCC1CCCC1CO)C(N)=NO. The lowest BCUT2D eigenvalue weighted by Crippen LogP contribution is -2.42. The van der Waals surface area contributed by atoms with Crippen LogP contribution in [0, 0.1) is 11.8 Å². The van der Waals surface area contributed by atoms with E-state index in [2.05, 4.69) is 10.5 Å². The molecule has 1 aliphatic rings. The molecule has 0 aromatic heterocycles. The molecule has 1 aliphatic carbocycles. The van der Waals surface area contributed by atoms with Gasteiger partial charge in [0, 0.05) is 6.61 Å². The Kier molecular flexibility index (Phi) is 4.84. The van der Waals surface area contributed by atoms with E-state index in [-0.39, 0.29) is 18.5 Å². The van der Waals surface area contributed by atoms with Crippen LogP contribution in [0.5, 0.6) is 0 Å². The molecule has 1 fully saturated rings. The summed E-state index contributed by atoms with van der Waals surface area (Å²) in [6.45, 7) is 2.95. The van der Waals surface area contributed by atoms with Crippen LogP contribution < -0.4 is 11.1 Å². The van der Waals surface area contributed by atoms with Crippen LogP contribution in [0.15, 0.2) is 5.16 Å². The molecule has 3 atom stereocenters. The van der Waals surface area contributed by atoms with Crippen LogP contribution in [-0.2, 0) is 0 Å². The van der Waals surface area contributed by atoms with E-state index in [1.54, 1.807) is 0 Å². The zero-order valence-electron chi connectivity index (χ0n) is 9.19. The maximum absolute atomic E-state index is 9.14. The topological polar surface area (TPSA) is 90.9 Å². The third-order valence-corrected chi connectivity index (χ3v) is 3.30. The fraction of sp³-hybridized carbons (Fsp3) is 0.900. The van der Waals surface area contributed by atoms with E-state index in [9.17, 15) is 0 Å². The summed E-state index contributed by atoms with van der Waals surface area (Å²) < 4.78 is 0. The molecule has 5 heteroatoms. The summed E-state index contributed by atoms with van der Waals surface area (Å²) in [5.74, 6) is 1.13. The van der Waals surface area contributed by atoms with Gasteiger partial charge in [-0.25, -0.2) is 0 Å². The summed E-state index contributed by atoms with van der Waals surface area (Å²) in [6.07, 6.45) is 3.46. The predicted octanol–water partition coefficient (Wildman–Crippen LogP) is 0.120. The van der Waals surface area contributed by atoms with Crippen LogP contribution in [-0.4, -0.2) is 35.3 Å². The Morgan fingerprint density at radius 2 is 2.20 bits per heavy atom. The summed E-state index contributed by atoms with van der Waals surface area (Å²) in [7, 11) is 0. The summed E-state index contributed by atoms with van der Waals surface area (Å²) in [6, 6.07) is -0.116. The lowest BCUT2D eigenvalue weighted by atomic mass is 9.97. The monoisotopic (exact) mass is 215 g/mol. The number of rotatable bonds is 5. The highest BCUT2D eigenvalue weighted by molar-refractivity contribution is 5.84. The van der Waals surface area contributed by atoms with Crippen molar-refractivity contribution in [1.29, 1.82) is 0 Å². The molecule has 0 amide bonds. The molecule has 0 spiro atoms. The molecule has 5 N–H and O–H groups in total. The van der Waals surface area contributed by atoms with Crippen molar-refractivity contribution in [2.24, 2.45) is 22.7 Å². The normalized spacial score (nSPS) is 29.3. The molecule has 0 aromatic carbocycles. The highest BCUT2D eigenvalue weighted by atomic mass is 16.4. The number of amidine groups is 1. The first-order valence-electron chi connectivity index (χ1n) is 5.50. The van der Waals surface area contributed by atoms with E-state index >= 15 is 0 Å². The molecule has 0 saturated heterocycles. The predicted molar refractivity (Wildman–Crippen MR) is 58.8 cm³/mol. The Labute approximate surface area is 90.3 Å². The standard InChI is InChI=1S/C10H21N3O2/c1-7(10(11)13-15)12-5-8-3-2-4-9(8)6-14/h7-9,12,14-15H,2-6H2,1H3,(H2,11,13). The van der Waals surface area contributed by atoms with Crippen LogP contribution >= 0.6 is 0 Å². The van der Waals surface area contributed by atoms with Gasteiger partial charge >= 0.3 is 0 Å². The van der Waals surface area contributed by atoms with Gasteiger partial charge in [-0.05, 0) is 38.1 Å². The largest absolute Gasteiger partial charge is 0.409 e. The second-order valence-electron chi connectivity index (χ2n) is 4.29. The van der Waals surface area contributed by atoms with Gasteiger partial charge in [-0.15, -0.1) is 0 Å². The number of aliphatic hydroxyl groups is 1.